The lowest BCUT2D eigenvalue weighted by Crippen LogP contribution is -2.27. The Bertz CT molecular complexity index is 1300. The average molecular weight is 585 g/mol. The molecule has 2 aromatic carbocycles. The number of hydrogen-bond donors (Lipinski definition) is 3. The molecule has 0 fully saturated rings. The number of hydrogen-bond acceptors (Lipinski definition) is 8. The summed E-state index contributed by atoms with van der Waals surface area (Å²) in [7, 11) is -0.631. The predicted molar refractivity (Wildman–Crippen MR) is 136 cm³/mol. The molecule has 0 aliphatic rings. The van der Waals surface area contributed by atoms with Crippen molar-refractivity contribution in [1.82, 2.24) is 15.3 Å². The molecular weight excluding hydrogens is 563 g/mol. The van der Waals surface area contributed by atoms with Gasteiger partial charge in [0.15, 0.2) is 5.82 Å². The zero-order valence-electron chi connectivity index (χ0n) is 19.3. The van der Waals surface area contributed by atoms with Gasteiger partial charge in [-0.3, -0.25) is 0 Å². The van der Waals surface area contributed by atoms with Crippen molar-refractivity contribution in [2.75, 3.05) is 42.1 Å². The minimum Gasteiger partial charge on any atom is -0.372 e. The summed E-state index contributed by atoms with van der Waals surface area (Å²) in [5.41, 5.74) is 1.71. The normalized spacial score (nSPS) is 10.5. The number of halogens is 6. The molecule has 1 heterocycles. The summed E-state index contributed by atoms with van der Waals surface area (Å²) in [6.07, 6.45) is -1.27. The molecular formula is C21H22Cl2F4N6O3S. The highest BCUT2D eigenvalue weighted by Gasteiger charge is 2.23. The molecule has 9 nitrogen and oxygen atoms in total. The van der Waals surface area contributed by atoms with Crippen LogP contribution in [0.25, 0.3) is 0 Å². The molecule has 0 radical (unpaired) electrons. The van der Waals surface area contributed by atoms with Gasteiger partial charge in [0.1, 0.15) is 10.7 Å². The van der Waals surface area contributed by atoms with Crippen molar-refractivity contribution >= 4 is 63.3 Å². The summed E-state index contributed by atoms with van der Waals surface area (Å²) in [4.78, 5) is 16.4. The van der Waals surface area contributed by atoms with Gasteiger partial charge in [-0.2, -0.15) is 0 Å². The Hall–Kier alpha value is -3.20. The number of carbonyl (C=O) groups is 1. The lowest BCUT2D eigenvalue weighted by molar-refractivity contribution is 0.199. The molecule has 0 unspecified atom stereocenters. The van der Waals surface area contributed by atoms with E-state index in [-0.39, 0.29) is 23.1 Å². The monoisotopic (exact) mass is 584 g/mol. The summed E-state index contributed by atoms with van der Waals surface area (Å²) in [6.45, 7) is 1.49. The Balaban J connectivity index is 0.00000127. The molecule has 3 rings (SSSR count). The van der Waals surface area contributed by atoms with Gasteiger partial charge in [-0.05, 0) is 25.2 Å². The minimum atomic E-state index is -4.40. The zero-order chi connectivity index (χ0) is 26.9. The first kappa shape index (κ1) is 31.8. The number of benzene rings is 2. The second kappa shape index (κ2) is 14.5. The molecule has 0 aliphatic heterocycles. The number of nitrogens with one attached hydrogen (secondary N) is 3. The SMILES string of the molecule is CNCCN(C)c1ccccc1Nc1cc(F)c(S(=O)(=O)Nc2ncc(F)cn2)cc1Cl.Cl.O=C(F)F. The highest BCUT2D eigenvalue weighted by molar-refractivity contribution is 7.92. The number of carbonyl (C=O) groups excluding carboxylic acids is 1. The average Bonchev–Trinajstić information content (AvgIpc) is 2.81. The fourth-order valence-electron chi connectivity index (χ4n) is 2.83. The van der Waals surface area contributed by atoms with Crippen LogP contribution >= 0.6 is 24.0 Å². The van der Waals surface area contributed by atoms with E-state index in [0.29, 0.717) is 5.69 Å². The molecule has 0 amide bonds. The third kappa shape index (κ3) is 9.64. The first-order valence-electron chi connectivity index (χ1n) is 10.0. The van der Waals surface area contributed by atoms with Gasteiger partial charge < -0.3 is 15.5 Å². The highest BCUT2D eigenvalue weighted by Crippen LogP contribution is 2.34. The molecule has 0 aliphatic carbocycles. The van der Waals surface area contributed by atoms with E-state index in [1.54, 1.807) is 6.07 Å². The summed E-state index contributed by atoms with van der Waals surface area (Å²) < 4.78 is 74.2. The van der Waals surface area contributed by atoms with Crippen LogP contribution in [0.1, 0.15) is 0 Å². The van der Waals surface area contributed by atoms with Gasteiger partial charge in [0.2, 0.25) is 5.95 Å². The fourth-order valence-corrected chi connectivity index (χ4v) is 4.15. The molecule has 0 atom stereocenters. The summed E-state index contributed by atoms with van der Waals surface area (Å²) in [5, 5.41) is 6.12. The van der Waals surface area contributed by atoms with Crippen LogP contribution in [0.3, 0.4) is 0 Å². The maximum atomic E-state index is 14.8. The molecule has 3 N–H and O–H groups in total. The summed E-state index contributed by atoms with van der Waals surface area (Å²) in [5.74, 6) is -2.18. The van der Waals surface area contributed by atoms with E-state index in [1.165, 1.54) is 0 Å². The topological polar surface area (TPSA) is 116 Å². The number of aromatic nitrogens is 2. The Kier molecular flexibility index (Phi) is 12.5. The third-order valence-electron chi connectivity index (χ3n) is 4.44. The number of likely N-dealkylation sites (N-methyl/N-ethyl adjacent to an activating group) is 2. The van der Waals surface area contributed by atoms with Gasteiger partial charge in [0.25, 0.3) is 10.0 Å². The number of para-hydroxylation sites is 2. The molecule has 0 saturated heterocycles. The number of anilines is 4. The first-order chi connectivity index (χ1) is 16.9. The van der Waals surface area contributed by atoms with Gasteiger partial charge in [0.05, 0.1) is 34.5 Å². The van der Waals surface area contributed by atoms with Gasteiger partial charge in [-0.25, -0.2) is 36.7 Å². The van der Waals surface area contributed by atoms with Crippen LogP contribution in [0.2, 0.25) is 5.02 Å². The lowest BCUT2D eigenvalue weighted by Gasteiger charge is -2.23. The molecule has 16 heteroatoms. The maximum absolute atomic E-state index is 14.8. The molecule has 37 heavy (non-hydrogen) atoms. The van der Waals surface area contributed by atoms with Crippen molar-refractivity contribution in [1.29, 1.82) is 0 Å². The molecule has 0 spiro atoms. The quantitative estimate of drug-likeness (QED) is 0.236. The number of sulfonamides is 1. The van der Waals surface area contributed by atoms with Crippen LogP contribution in [0.5, 0.6) is 0 Å². The standard InChI is InChI=1S/C20H21ClF2N6O2S.CF2O.ClH/c1-24-7-8-29(2)18-6-4-3-5-16(18)27-17-10-15(23)19(9-14(17)21)32(30,31)28-20-25-11-13(22)12-26-20;2-1(3)4;/h3-6,9-12,24,27H,7-8H2,1-2H3,(H,25,26,28);;1H. The third-order valence-corrected chi connectivity index (χ3v) is 6.09. The molecule has 0 saturated carbocycles. The van der Waals surface area contributed by atoms with Gasteiger partial charge in [-0.15, -0.1) is 21.2 Å². The smallest absolute Gasteiger partial charge is 0.372 e. The van der Waals surface area contributed by atoms with E-state index in [0.717, 1.165) is 43.3 Å². The van der Waals surface area contributed by atoms with Crippen molar-refractivity contribution < 1.29 is 30.8 Å². The van der Waals surface area contributed by atoms with Crippen molar-refractivity contribution in [3.05, 3.63) is 65.4 Å². The van der Waals surface area contributed by atoms with E-state index in [2.05, 4.69) is 20.6 Å². The minimum absolute atomic E-state index is 0. The summed E-state index contributed by atoms with van der Waals surface area (Å²) in [6, 6.07) is 9.36. The fraction of sp³-hybridized carbons (Fsp3) is 0.190. The Morgan fingerprint density at radius 2 is 1.68 bits per heavy atom. The van der Waals surface area contributed by atoms with Crippen LogP contribution < -0.4 is 20.3 Å². The van der Waals surface area contributed by atoms with Gasteiger partial charge in [-0.1, -0.05) is 23.7 Å². The molecule has 0 bridgehead atoms. The van der Waals surface area contributed by atoms with E-state index < -0.39 is 38.8 Å². The predicted octanol–water partition coefficient (Wildman–Crippen LogP) is 5.08. The maximum Gasteiger partial charge on any atom is 0.483 e. The Labute approximate surface area is 221 Å². The van der Waals surface area contributed by atoms with Crippen molar-refractivity contribution in [2.45, 2.75) is 4.90 Å². The molecule has 1 aromatic heterocycles. The van der Waals surface area contributed by atoms with Crippen LogP contribution in [0.15, 0.2) is 53.7 Å². The van der Waals surface area contributed by atoms with Crippen LogP contribution in [0, 0.1) is 11.6 Å². The molecule has 3 aromatic rings. The van der Waals surface area contributed by atoms with Crippen LogP contribution in [-0.4, -0.2) is 51.9 Å². The number of nitrogens with zero attached hydrogens (tertiary/aromatic N) is 3. The second-order valence-electron chi connectivity index (χ2n) is 6.99. The Morgan fingerprint density at radius 3 is 2.27 bits per heavy atom. The molecule has 202 valence electrons. The number of rotatable bonds is 9. The van der Waals surface area contributed by atoms with E-state index in [9.17, 15) is 26.0 Å². The van der Waals surface area contributed by atoms with Crippen LogP contribution in [-0.2, 0) is 10.0 Å². The largest absolute Gasteiger partial charge is 0.483 e. The lowest BCUT2D eigenvalue weighted by atomic mass is 10.2. The Morgan fingerprint density at radius 1 is 1.08 bits per heavy atom. The van der Waals surface area contributed by atoms with Gasteiger partial charge >= 0.3 is 6.29 Å². The van der Waals surface area contributed by atoms with Crippen LogP contribution in [0.4, 0.5) is 45.4 Å². The van der Waals surface area contributed by atoms with Gasteiger partial charge in [0, 0.05) is 26.2 Å². The highest BCUT2D eigenvalue weighted by atomic mass is 35.5. The first-order valence-corrected chi connectivity index (χ1v) is 11.9. The van der Waals surface area contributed by atoms with Crippen molar-refractivity contribution in [3.8, 4) is 0 Å². The van der Waals surface area contributed by atoms with E-state index in [4.69, 9.17) is 16.4 Å². The second-order valence-corrected chi connectivity index (χ2v) is 9.04. The zero-order valence-corrected chi connectivity index (χ0v) is 21.7. The summed E-state index contributed by atoms with van der Waals surface area (Å²) >= 11 is 6.27. The van der Waals surface area contributed by atoms with Crippen molar-refractivity contribution in [2.24, 2.45) is 0 Å². The van der Waals surface area contributed by atoms with Crippen molar-refractivity contribution in [3.63, 3.8) is 0 Å². The van der Waals surface area contributed by atoms with E-state index >= 15 is 0 Å². The van der Waals surface area contributed by atoms with E-state index in [1.807, 2.05) is 41.9 Å².